The molecular formula is C43H72N8O7. The van der Waals surface area contributed by atoms with E-state index >= 15 is 0 Å². The molecule has 2 aliphatic rings. The highest BCUT2D eigenvalue weighted by Crippen LogP contribution is 2.27. The Bertz CT molecular complexity index is 1470. The number of likely N-dealkylation sites (N-methyl/N-ethyl adjacent to an activating group) is 1. The van der Waals surface area contributed by atoms with Gasteiger partial charge < -0.3 is 47.7 Å². The van der Waals surface area contributed by atoms with Gasteiger partial charge in [-0.3, -0.25) is 28.8 Å². The number of carbonyl (C=O) groups is 6. The molecule has 2 fully saturated rings. The van der Waals surface area contributed by atoms with Crippen LogP contribution in [0.15, 0.2) is 24.3 Å². The van der Waals surface area contributed by atoms with Gasteiger partial charge in [-0.15, -0.1) is 0 Å². The highest BCUT2D eigenvalue weighted by molar-refractivity contribution is 5.97. The quantitative estimate of drug-likeness (QED) is 0.108. The molecule has 0 spiro atoms. The molecule has 6 amide bonds. The molecule has 3 rings (SSSR count). The summed E-state index contributed by atoms with van der Waals surface area (Å²) in [4.78, 5) is 85.0. The normalized spacial score (nSPS) is 26.6. The van der Waals surface area contributed by atoms with Gasteiger partial charge in [-0.2, -0.15) is 0 Å². The zero-order chi connectivity index (χ0) is 42.6. The molecule has 326 valence electrons. The molecule has 1 saturated carbocycles. The summed E-state index contributed by atoms with van der Waals surface area (Å²) in [5.74, 6) is -3.82. The van der Waals surface area contributed by atoms with Crippen molar-refractivity contribution < 1.29 is 33.5 Å². The van der Waals surface area contributed by atoms with Crippen LogP contribution >= 0.6 is 0 Å². The molecule has 1 aromatic rings. The Balaban J connectivity index is 1.99. The molecule has 1 aliphatic heterocycles. The standard InChI is InChI=1S/C43H72N8O7/c1-6-8-9-14-18-36-29(4)43(57)51(5)35(15-7-2)41(55)50-37(31-16-12-10-11-13-17-31)42(56)48-33(25-45)39(53)49-34(40(54)47-28(3)27-58-36)26-46-38(52)32-21-19-30(20-22-32)23-24-44/h19-22,28-29,31,33-37H,6-18,23-27,44-45H2,1-5H3,(H,46,52)(H,47,54)(H,48,56)(H,49,53)(H,50,55)/t28-,29?,33?,34?,35?,36-,37?/m1/s1. The van der Waals surface area contributed by atoms with E-state index in [2.05, 4.69) is 33.5 Å². The Hall–Kier alpha value is -4.08. The predicted octanol–water partition coefficient (Wildman–Crippen LogP) is 2.44. The van der Waals surface area contributed by atoms with Gasteiger partial charge >= 0.3 is 0 Å². The number of rotatable bonds is 14. The number of nitrogens with two attached hydrogens (primary N) is 2. The molecule has 58 heavy (non-hydrogen) atoms. The lowest BCUT2D eigenvalue weighted by Gasteiger charge is -2.34. The first-order valence-corrected chi connectivity index (χ1v) is 21.7. The number of carbonyl (C=O) groups excluding carboxylic acids is 6. The molecule has 15 heteroatoms. The van der Waals surface area contributed by atoms with Crippen molar-refractivity contribution in [3.05, 3.63) is 35.4 Å². The summed E-state index contributed by atoms with van der Waals surface area (Å²) >= 11 is 0. The lowest BCUT2D eigenvalue weighted by molar-refractivity contribution is -0.147. The second-order valence-corrected chi connectivity index (χ2v) is 16.2. The minimum absolute atomic E-state index is 0.0666. The molecule has 0 bridgehead atoms. The first-order chi connectivity index (χ1) is 27.8. The van der Waals surface area contributed by atoms with Crippen LogP contribution in [0.2, 0.25) is 0 Å². The van der Waals surface area contributed by atoms with E-state index in [0.717, 1.165) is 56.9 Å². The van der Waals surface area contributed by atoms with E-state index in [1.165, 1.54) is 4.90 Å². The van der Waals surface area contributed by atoms with Crippen LogP contribution in [0.4, 0.5) is 0 Å². The highest BCUT2D eigenvalue weighted by Gasteiger charge is 2.38. The minimum Gasteiger partial charge on any atom is -0.375 e. The Morgan fingerprint density at radius 1 is 0.793 bits per heavy atom. The Labute approximate surface area is 345 Å². The molecule has 1 saturated heterocycles. The third-order valence-electron chi connectivity index (χ3n) is 11.5. The van der Waals surface area contributed by atoms with Crippen LogP contribution < -0.4 is 38.1 Å². The Morgan fingerprint density at radius 3 is 2.07 bits per heavy atom. The van der Waals surface area contributed by atoms with Crippen LogP contribution in [0.1, 0.15) is 127 Å². The molecule has 7 atom stereocenters. The maximum absolute atomic E-state index is 14.2. The van der Waals surface area contributed by atoms with Gasteiger partial charge in [0.05, 0.1) is 18.6 Å². The largest absolute Gasteiger partial charge is 0.375 e. The van der Waals surface area contributed by atoms with Gasteiger partial charge in [-0.05, 0) is 69.2 Å². The maximum atomic E-state index is 14.2. The fourth-order valence-electron chi connectivity index (χ4n) is 7.86. The smallest absolute Gasteiger partial charge is 0.251 e. The predicted molar refractivity (Wildman–Crippen MR) is 224 cm³/mol. The molecular weight excluding hydrogens is 741 g/mol. The lowest BCUT2D eigenvalue weighted by Crippen LogP contribution is -2.62. The number of unbranched alkanes of at least 4 members (excludes halogenated alkanes) is 3. The van der Waals surface area contributed by atoms with E-state index in [0.29, 0.717) is 50.6 Å². The lowest BCUT2D eigenvalue weighted by atomic mass is 9.90. The number of benzene rings is 1. The minimum atomic E-state index is -1.26. The molecule has 9 N–H and O–H groups in total. The molecule has 5 unspecified atom stereocenters. The van der Waals surface area contributed by atoms with Gasteiger partial charge in [-0.25, -0.2) is 0 Å². The van der Waals surface area contributed by atoms with Crippen LogP contribution in [0.5, 0.6) is 0 Å². The number of hydrogen-bond donors (Lipinski definition) is 7. The van der Waals surface area contributed by atoms with Gasteiger partial charge in [0, 0.05) is 31.7 Å². The van der Waals surface area contributed by atoms with Gasteiger partial charge in [-0.1, -0.05) is 90.7 Å². The molecule has 1 heterocycles. The van der Waals surface area contributed by atoms with Crippen molar-refractivity contribution in [3.8, 4) is 0 Å². The fourth-order valence-corrected chi connectivity index (χ4v) is 7.86. The summed E-state index contributed by atoms with van der Waals surface area (Å²) in [6.07, 6.45) is 10.9. The summed E-state index contributed by atoms with van der Waals surface area (Å²) in [5, 5.41) is 14.1. The van der Waals surface area contributed by atoms with Gasteiger partial charge in [0.2, 0.25) is 29.5 Å². The van der Waals surface area contributed by atoms with E-state index < -0.39 is 71.8 Å². The van der Waals surface area contributed by atoms with Crippen LogP contribution in [0.3, 0.4) is 0 Å². The van der Waals surface area contributed by atoms with Crippen molar-refractivity contribution in [3.63, 3.8) is 0 Å². The summed E-state index contributed by atoms with van der Waals surface area (Å²) in [6.45, 7) is 7.61. The van der Waals surface area contributed by atoms with E-state index in [-0.39, 0.29) is 31.5 Å². The van der Waals surface area contributed by atoms with E-state index in [9.17, 15) is 28.8 Å². The van der Waals surface area contributed by atoms with E-state index in [4.69, 9.17) is 16.2 Å². The Morgan fingerprint density at radius 2 is 1.45 bits per heavy atom. The molecule has 1 aromatic carbocycles. The van der Waals surface area contributed by atoms with Crippen LogP contribution in [0.25, 0.3) is 0 Å². The third-order valence-corrected chi connectivity index (χ3v) is 11.5. The number of ether oxygens (including phenoxy) is 1. The van der Waals surface area contributed by atoms with E-state index in [1.54, 1.807) is 26.1 Å². The monoisotopic (exact) mass is 813 g/mol. The summed E-state index contributed by atoms with van der Waals surface area (Å²) in [7, 11) is 1.63. The number of nitrogens with zero attached hydrogens (tertiary/aromatic N) is 1. The molecule has 1 aliphatic carbocycles. The molecule has 15 nitrogen and oxygen atoms in total. The highest BCUT2D eigenvalue weighted by atomic mass is 16.5. The van der Waals surface area contributed by atoms with Gasteiger partial charge in [0.15, 0.2) is 0 Å². The summed E-state index contributed by atoms with van der Waals surface area (Å²) in [6, 6.07) is 2.06. The molecule has 0 radical (unpaired) electrons. The third kappa shape index (κ3) is 14.9. The van der Waals surface area contributed by atoms with Crippen molar-refractivity contribution >= 4 is 35.4 Å². The zero-order valence-corrected chi connectivity index (χ0v) is 35.6. The SMILES string of the molecule is CCCCCC[C@H]1OC[C@@H](C)NC(=O)C(CNC(=O)c2ccc(CCN)cc2)NC(=O)C(CN)NC(=O)C(C2CCCCCC2)NC(=O)C(CCC)N(C)C(=O)C1C. The fraction of sp³-hybridized carbons (Fsp3) is 0.721. The van der Waals surface area contributed by atoms with Crippen molar-refractivity contribution in [2.45, 2.75) is 154 Å². The first kappa shape index (κ1) is 48.3. The van der Waals surface area contributed by atoms with Crippen molar-refractivity contribution in [2.24, 2.45) is 23.3 Å². The number of hydrogen-bond acceptors (Lipinski definition) is 9. The second kappa shape index (κ2) is 25.4. The Kier molecular flexibility index (Phi) is 21.2. The summed E-state index contributed by atoms with van der Waals surface area (Å²) < 4.78 is 6.40. The topological polar surface area (TPSA) is 227 Å². The van der Waals surface area contributed by atoms with Crippen molar-refractivity contribution in [2.75, 3.05) is 33.3 Å². The van der Waals surface area contributed by atoms with Crippen LogP contribution in [-0.4, -0.2) is 110 Å². The number of amides is 6. The average molecular weight is 813 g/mol. The number of nitrogens with one attached hydrogen (secondary N) is 5. The summed E-state index contributed by atoms with van der Waals surface area (Å²) in [5.41, 5.74) is 13.1. The maximum Gasteiger partial charge on any atom is 0.251 e. The van der Waals surface area contributed by atoms with Gasteiger partial charge in [0.25, 0.3) is 5.91 Å². The van der Waals surface area contributed by atoms with Gasteiger partial charge in [0.1, 0.15) is 24.2 Å². The molecule has 0 aromatic heterocycles. The first-order valence-electron chi connectivity index (χ1n) is 21.7. The zero-order valence-electron chi connectivity index (χ0n) is 35.6. The van der Waals surface area contributed by atoms with E-state index in [1.807, 2.05) is 26.0 Å². The van der Waals surface area contributed by atoms with Crippen LogP contribution in [-0.2, 0) is 35.1 Å². The van der Waals surface area contributed by atoms with Crippen molar-refractivity contribution in [1.29, 1.82) is 0 Å². The average Bonchev–Trinajstić information content (AvgIpc) is 3.50. The second-order valence-electron chi connectivity index (χ2n) is 16.2. The van der Waals surface area contributed by atoms with Crippen molar-refractivity contribution in [1.82, 2.24) is 31.5 Å². The van der Waals surface area contributed by atoms with Crippen LogP contribution in [0, 0.1) is 11.8 Å².